The molecular weight excluding hydrogens is 228 g/mol. The molecule has 0 radical (unpaired) electrons. The summed E-state index contributed by atoms with van der Waals surface area (Å²) in [7, 11) is 0. The van der Waals surface area contributed by atoms with Gasteiger partial charge in [-0.05, 0) is 32.0 Å². The Labute approximate surface area is 107 Å². The van der Waals surface area contributed by atoms with Crippen LogP contribution < -0.4 is 16.4 Å². The molecule has 5 heteroatoms. The number of anilines is 2. The fraction of sp³-hybridized carbons (Fsp3) is 0.385. The normalized spacial score (nSPS) is 10.1. The van der Waals surface area contributed by atoms with Crippen molar-refractivity contribution in [1.29, 1.82) is 5.26 Å². The highest BCUT2D eigenvalue weighted by Crippen LogP contribution is 2.23. The van der Waals surface area contributed by atoms with E-state index in [-0.39, 0.29) is 6.04 Å². The first kappa shape index (κ1) is 13.8. The average Bonchev–Trinajstić information content (AvgIpc) is 2.30. The third-order valence-electron chi connectivity index (χ3n) is 2.72. The van der Waals surface area contributed by atoms with Crippen molar-refractivity contribution >= 4 is 17.3 Å². The van der Waals surface area contributed by atoms with Crippen LogP contribution in [0.15, 0.2) is 18.2 Å². The largest absolute Gasteiger partial charge is 0.398 e. The van der Waals surface area contributed by atoms with Crippen LogP contribution in [0.5, 0.6) is 0 Å². The molecule has 1 rings (SSSR count). The Morgan fingerprint density at radius 1 is 1.50 bits per heavy atom. The van der Waals surface area contributed by atoms with E-state index >= 15 is 0 Å². The zero-order valence-corrected chi connectivity index (χ0v) is 10.7. The molecule has 0 fully saturated rings. The summed E-state index contributed by atoms with van der Waals surface area (Å²) in [6, 6.07) is 7.51. The Kier molecular flexibility index (Phi) is 4.55. The lowest BCUT2D eigenvalue weighted by molar-refractivity contribution is 0.100. The first-order valence-electron chi connectivity index (χ1n) is 5.80. The summed E-state index contributed by atoms with van der Waals surface area (Å²) in [6.07, 6.45) is 0.425. The van der Waals surface area contributed by atoms with Crippen LogP contribution in [0.3, 0.4) is 0 Å². The molecule has 0 aliphatic heterocycles. The van der Waals surface area contributed by atoms with Gasteiger partial charge in [0.15, 0.2) is 0 Å². The van der Waals surface area contributed by atoms with Crippen molar-refractivity contribution in [1.82, 2.24) is 0 Å². The lowest BCUT2D eigenvalue weighted by atomic mass is 10.1. The fourth-order valence-electron chi connectivity index (χ4n) is 1.79. The summed E-state index contributed by atoms with van der Waals surface area (Å²) < 4.78 is 0. The van der Waals surface area contributed by atoms with Gasteiger partial charge in [-0.3, -0.25) is 4.79 Å². The Hall–Kier alpha value is -2.22. The summed E-state index contributed by atoms with van der Waals surface area (Å²) in [4.78, 5) is 13.3. The van der Waals surface area contributed by atoms with E-state index in [0.717, 1.165) is 5.69 Å². The summed E-state index contributed by atoms with van der Waals surface area (Å²) in [6.45, 7) is 4.66. The van der Waals surface area contributed by atoms with Gasteiger partial charge in [0.25, 0.3) is 5.91 Å². The van der Waals surface area contributed by atoms with Crippen molar-refractivity contribution in [3.05, 3.63) is 23.8 Å². The number of nitriles is 1. The van der Waals surface area contributed by atoms with Gasteiger partial charge in [-0.15, -0.1) is 0 Å². The summed E-state index contributed by atoms with van der Waals surface area (Å²) in [5.41, 5.74) is 12.5. The molecule has 0 bridgehead atoms. The molecule has 1 aromatic carbocycles. The minimum Gasteiger partial charge on any atom is -0.398 e. The van der Waals surface area contributed by atoms with Crippen LogP contribution in [0, 0.1) is 11.3 Å². The molecule has 1 aromatic rings. The lowest BCUT2D eigenvalue weighted by Crippen LogP contribution is -2.32. The van der Waals surface area contributed by atoms with Crippen molar-refractivity contribution in [2.24, 2.45) is 5.73 Å². The highest BCUT2D eigenvalue weighted by Gasteiger charge is 2.13. The number of amides is 1. The van der Waals surface area contributed by atoms with Gasteiger partial charge in [0, 0.05) is 24.0 Å². The molecule has 0 aliphatic carbocycles. The lowest BCUT2D eigenvalue weighted by Gasteiger charge is -2.28. The predicted octanol–water partition coefficient (Wildman–Crippen LogP) is 1.50. The van der Waals surface area contributed by atoms with E-state index in [2.05, 4.69) is 6.07 Å². The van der Waals surface area contributed by atoms with Gasteiger partial charge in [0.1, 0.15) is 0 Å². The van der Waals surface area contributed by atoms with E-state index in [1.807, 2.05) is 24.8 Å². The van der Waals surface area contributed by atoms with Gasteiger partial charge >= 0.3 is 0 Å². The fourth-order valence-corrected chi connectivity index (χ4v) is 1.79. The van der Waals surface area contributed by atoms with E-state index in [4.69, 9.17) is 16.7 Å². The topological polar surface area (TPSA) is 96.1 Å². The number of nitrogens with zero attached hydrogens (tertiary/aromatic N) is 2. The number of carbonyl (C=O) groups excluding carboxylic acids is 1. The number of nitrogen functional groups attached to an aromatic ring is 1. The van der Waals surface area contributed by atoms with E-state index in [1.54, 1.807) is 12.1 Å². The average molecular weight is 246 g/mol. The molecular formula is C13H18N4O. The quantitative estimate of drug-likeness (QED) is 0.769. The first-order valence-corrected chi connectivity index (χ1v) is 5.80. The number of rotatable bonds is 5. The number of carbonyl (C=O) groups is 1. The zero-order valence-electron chi connectivity index (χ0n) is 10.7. The Bertz CT molecular complexity index is 476. The second kappa shape index (κ2) is 5.92. The smallest absolute Gasteiger partial charge is 0.250 e. The van der Waals surface area contributed by atoms with Gasteiger partial charge in [0.05, 0.1) is 18.1 Å². The standard InChI is InChI=1S/C13H18N4O/c1-9(2)17(7-3-6-14)10-4-5-12(15)11(8-10)13(16)18/h4-5,8-9H,3,7,15H2,1-2H3,(H2,16,18). The van der Waals surface area contributed by atoms with Crippen LogP contribution in [-0.4, -0.2) is 18.5 Å². The molecule has 0 saturated carbocycles. The number of hydrogen-bond acceptors (Lipinski definition) is 4. The summed E-state index contributed by atoms with van der Waals surface area (Å²) >= 11 is 0. The van der Waals surface area contributed by atoms with E-state index in [0.29, 0.717) is 24.2 Å². The van der Waals surface area contributed by atoms with Crippen molar-refractivity contribution < 1.29 is 4.79 Å². The second-order valence-electron chi connectivity index (χ2n) is 4.33. The highest BCUT2D eigenvalue weighted by molar-refractivity contribution is 5.99. The maximum absolute atomic E-state index is 11.3. The highest BCUT2D eigenvalue weighted by atomic mass is 16.1. The molecule has 0 heterocycles. The molecule has 0 aromatic heterocycles. The number of hydrogen-bond donors (Lipinski definition) is 2. The SMILES string of the molecule is CC(C)N(CCC#N)c1ccc(N)c(C(N)=O)c1. The minimum absolute atomic E-state index is 0.225. The van der Waals surface area contributed by atoms with Crippen molar-refractivity contribution in [3.8, 4) is 6.07 Å². The van der Waals surface area contributed by atoms with E-state index in [9.17, 15) is 4.79 Å². The van der Waals surface area contributed by atoms with Crippen molar-refractivity contribution in [3.63, 3.8) is 0 Å². The molecule has 0 aliphatic rings. The molecule has 0 unspecified atom stereocenters. The van der Waals surface area contributed by atoms with Crippen molar-refractivity contribution in [2.45, 2.75) is 26.3 Å². The van der Waals surface area contributed by atoms with Gasteiger partial charge in [-0.1, -0.05) is 0 Å². The predicted molar refractivity (Wildman–Crippen MR) is 72.1 cm³/mol. The van der Waals surface area contributed by atoms with Crippen LogP contribution in [0.4, 0.5) is 11.4 Å². The Morgan fingerprint density at radius 3 is 2.67 bits per heavy atom. The van der Waals surface area contributed by atoms with Crippen LogP contribution in [0.25, 0.3) is 0 Å². The van der Waals surface area contributed by atoms with Crippen LogP contribution in [0.1, 0.15) is 30.6 Å². The summed E-state index contributed by atoms with van der Waals surface area (Å²) in [5.74, 6) is -0.543. The Balaban J connectivity index is 3.09. The minimum atomic E-state index is -0.543. The van der Waals surface area contributed by atoms with E-state index < -0.39 is 5.91 Å². The second-order valence-corrected chi connectivity index (χ2v) is 4.33. The van der Waals surface area contributed by atoms with E-state index in [1.165, 1.54) is 0 Å². The molecule has 1 amide bonds. The molecule has 0 spiro atoms. The zero-order chi connectivity index (χ0) is 13.7. The van der Waals surface area contributed by atoms with Crippen LogP contribution in [-0.2, 0) is 0 Å². The van der Waals surface area contributed by atoms with Gasteiger partial charge < -0.3 is 16.4 Å². The van der Waals surface area contributed by atoms with Gasteiger partial charge in [-0.2, -0.15) is 5.26 Å². The number of primary amides is 1. The maximum atomic E-state index is 11.3. The third kappa shape index (κ3) is 3.14. The van der Waals surface area contributed by atoms with Crippen molar-refractivity contribution in [2.75, 3.05) is 17.2 Å². The third-order valence-corrected chi connectivity index (χ3v) is 2.72. The molecule has 4 N–H and O–H groups in total. The molecule has 96 valence electrons. The molecule has 0 saturated heterocycles. The number of nitrogens with two attached hydrogens (primary N) is 2. The van der Waals surface area contributed by atoms with Crippen LogP contribution >= 0.6 is 0 Å². The summed E-state index contributed by atoms with van der Waals surface area (Å²) in [5, 5.41) is 8.66. The number of benzene rings is 1. The Morgan fingerprint density at radius 2 is 2.17 bits per heavy atom. The van der Waals surface area contributed by atoms with Gasteiger partial charge in [0.2, 0.25) is 0 Å². The molecule has 0 atom stereocenters. The first-order chi connectivity index (χ1) is 8.47. The molecule has 18 heavy (non-hydrogen) atoms. The monoisotopic (exact) mass is 246 g/mol. The molecule has 5 nitrogen and oxygen atoms in total. The maximum Gasteiger partial charge on any atom is 0.250 e. The van der Waals surface area contributed by atoms with Crippen LogP contribution in [0.2, 0.25) is 0 Å². The van der Waals surface area contributed by atoms with Gasteiger partial charge in [-0.25, -0.2) is 0 Å².